The minimum Gasteiger partial charge on any atom is -0.345 e. The molecule has 2 aromatic heterocycles. The zero-order valence-electron chi connectivity index (χ0n) is 11.7. The predicted octanol–water partition coefficient (Wildman–Crippen LogP) is 3.86. The summed E-state index contributed by atoms with van der Waals surface area (Å²) in [6.07, 6.45) is 6.83. The maximum absolute atomic E-state index is 4.28. The van der Waals surface area contributed by atoms with Crippen LogP contribution in [-0.4, -0.2) is 20.2 Å². The van der Waals surface area contributed by atoms with Gasteiger partial charge in [0.25, 0.3) is 0 Å². The maximum Gasteiger partial charge on any atom is 0.0931 e. The first-order valence-corrected chi connectivity index (χ1v) is 6.80. The van der Waals surface area contributed by atoms with Crippen LogP contribution in [0.2, 0.25) is 0 Å². The largest absolute Gasteiger partial charge is 0.345 e. The fraction of sp³-hybridized carbons (Fsp3) is 0.118. The van der Waals surface area contributed by atoms with Crippen LogP contribution in [0.5, 0.6) is 0 Å². The van der Waals surface area contributed by atoms with Gasteiger partial charge in [-0.2, -0.15) is 10.2 Å². The lowest BCUT2D eigenvalue weighted by atomic mass is 9.97. The molecule has 0 aliphatic rings. The molecule has 104 valence electrons. The number of nitrogens with one attached hydrogen (secondary N) is 1. The van der Waals surface area contributed by atoms with Gasteiger partial charge in [-0.05, 0) is 53.3 Å². The molecule has 0 atom stereocenters. The fourth-order valence-electron chi connectivity index (χ4n) is 2.24. The van der Waals surface area contributed by atoms with E-state index >= 15 is 0 Å². The van der Waals surface area contributed by atoms with Crippen LogP contribution in [0.1, 0.15) is 24.0 Å². The van der Waals surface area contributed by atoms with E-state index in [-0.39, 0.29) is 0 Å². The molecule has 0 aliphatic heterocycles. The molecule has 3 aromatic rings. The number of H-pyrrole nitrogens is 1. The van der Waals surface area contributed by atoms with Gasteiger partial charge in [0, 0.05) is 0 Å². The Bertz CT molecular complexity index is 787. The SMILES string of the molecule is C=C(CCC(=C)c1ccc2[nH]cnc2c1)c1ccnnc1. The van der Waals surface area contributed by atoms with Gasteiger partial charge in [-0.25, -0.2) is 4.98 Å². The topological polar surface area (TPSA) is 54.5 Å². The normalized spacial score (nSPS) is 10.7. The van der Waals surface area contributed by atoms with Gasteiger partial charge in [0.05, 0.1) is 29.8 Å². The summed E-state index contributed by atoms with van der Waals surface area (Å²) in [4.78, 5) is 7.36. The van der Waals surface area contributed by atoms with Gasteiger partial charge in [0.2, 0.25) is 0 Å². The first-order chi connectivity index (χ1) is 10.2. The highest BCUT2D eigenvalue weighted by atomic mass is 15.1. The Kier molecular flexibility index (Phi) is 3.60. The lowest BCUT2D eigenvalue weighted by Crippen LogP contribution is -1.89. The second kappa shape index (κ2) is 5.71. The molecule has 21 heavy (non-hydrogen) atoms. The number of benzene rings is 1. The molecule has 0 saturated carbocycles. The molecule has 0 bridgehead atoms. The summed E-state index contributed by atoms with van der Waals surface area (Å²) in [7, 11) is 0. The molecule has 0 unspecified atom stereocenters. The van der Waals surface area contributed by atoms with Crippen LogP contribution in [0, 0.1) is 0 Å². The third-order valence-electron chi connectivity index (χ3n) is 3.55. The molecule has 1 N–H and O–H groups in total. The van der Waals surface area contributed by atoms with Crippen LogP contribution >= 0.6 is 0 Å². The standard InChI is InChI=1S/C17H16N4/c1-12(3-4-13(2)15-7-8-20-21-10-15)14-5-6-16-17(9-14)19-11-18-16/h5-11H,1-4H2,(H,18,19). The van der Waals surface area contributed by atoms with Crippen molar-refractivity contribution in [3.05, 3.63) is 67.3 Å². The molecule has 1 aromatic carbocycles. The van der Waals surface area contributed by atoms with Crippen LogP contribution in [-0.2, 0) is 0 Å². The highest BCUT2D eigenvalue weighted by molar-refractivity contribution is 5.80. The Balaban J connectivity index is 1.67. The van der Waals surface area contributed by atoms with Crippen molar-refractivity contribution in [1.29, 1.82) is 0 Å². The third kappa shape index (κ3) is 2.89. The second-order valence-corrected chi connectivity index (χ2v) is 4.97. The molecule has 0 aliphatic carbocycles. The van der Waals surface area contributed by atoms with E-state index < -0.39 is 0 Å². The molecule has 0 saturated heterocycles. The molecule has 0 amide bonds. The second-order valence-electron chi connectivity index (χ2n) is 4.97. The summed E-state index contributed by atoms with van der Waals surface area (Å²) < 4.78 is 0. The number of nitrogens with zero attached hydrogens (tertiary/aromatic N) is 3. The number of aromatic amines is 1. The number of allylic oxidation sites excluding steroid dienone is 2. The van der Waals surface area contributed by atoms with Crippen molar-refractivity contribution in [3.8, 4) is 0 Å². The smallest absolute Gasteiger partial charge is 0.0931 e. The maximum atomic E-state index is 4.28. The number of rotatable bonds is 5. The van der Waals surface area contributed by atoms with Gasteiger partial charge in [-0.1, -0.05) is 19.2 Å². The summed E-state index contributed by atoms with van der Waals surface area (Å²) in [5.41, 5.74) is 6.29. The van der Waals surface area contributed by atoms with Crippen LogP contribution in [0.4, 0.5) is 0 Å². The lowest BCUT2D eigenvalue weighted by Gasteiger charge is -2.08. The van der Waals surface area contributed by atoms with Gasteiger partial charge in [-0.3, -0.25) is 0 Å². The Morgan fingerprint density at radius 3 is 2.57 bits per heavy atom. The van der Waals surface area contributed by atoms with Crippen LogP contribution in [0.3, 0.4) is 0 Å². The fourth-order valence-corrected chi connectivity index (χ4v) is 2.24. The van der Waals surface area contributed by atoms with Crippen molar-refractivity contribution in [2.24, 2.45) is 0 Å². The minimum atomic E-state index is 0.850. The highest BCUT2D eigenvalue weighted by Gasteiger charge is 2.05. The molecule has 0 fully saturated rings. The van der Waals surface area contributed by atoms with Crippen molar-refractivity contribution < 1.29 is 0 Å². The average Bonchev–Trinajstić information content (AvgIpc) is 3.00. The van der Waals surface area contributed by atoms with E-state index in [9.17, 15) is 0 Å². The first-order valence-electron chi connectivity index (χ1n) is 6.80. The van der Waals surface area contributed by atoms with E-state index in [1.807, 2.05) is 12.1 Å². The average molecular weight is 276 g/mol. The lowest BCUT2D eigenvalue weighted by molar-refractivity contribution is 1.01. The Morgan fingerprint density at radius 1 is 1.00 bits per heavy atom. The van der Waals surface area contributed by atoms with Crippen molar-refractivity contribution in [1.82, 2.24) is 20.2 Å². The number of fused-ring (bicyclic) bond motifs is 1. The quantitative estimate of drug-likeness (QED) is 0.769. The zero-order valence-corrected chi connectivity index (χ0v) is 11.7. The molecule has 4 nitrogen and oxygen atoms in total. The molecule has 3 rings (SSSR count). The Morgan fingerprint density at radius 2 is 1.81 bits per heavy atom. The van der Waals surface area contributed by atoms with Crippen molar-refractivity contribution in [2.45, 2.75) is 12.8 Å². The molecular formula is C17H16N4. The van der Waals surface area contributed by atoms with Gasteiger partial charge in [0.1, 0.15) is 0 Å². The first kappa shape index (κ1) is 13.2. The molecule has 2 heterocycles. The third-order valence-corrected chi connectivity index (χ3v) is 3.55. The summed E-state index contributed by atoms with van der Waals surface area (Å²) in [5.74, 6) is 0. The molecule has 4 heteroatoms. The Labute approximate surface area is 123 Å². The zero-order chi connectivity index (χ0) is 14.7. The van der Waals surface area contributed by atoms with E-state index in [1.54, 1.807) is 18.7 Å². The minimum absolute atomic E-state index is 0.850. The van der Waals surface area contributed by atoms with Crippen LogP contribution < -0.4 is 0 Å². The van der Waals surface area contributed by atoms with Crippen molar-refractivity contribution >= 4 is 22.2 Å². The van der Waals surface area contributed by atoms with E-state index in [0.29, 0.717) is 0 Å². The Hall–Kier alpha value is -2.75. The summed E-state index contributed by atoms with van der Waals surface area (Å²) in [5, 5.41) is 7.65. The molecule has 0 spiro atoms. The molecular weight excluding hydrogens is 260 g/mol. The number of aromatic nitrogens is 4. The van der Waals surface area contributed by atoms with Gasteiger partial charge in [-0.15, -0.1) is 0 Å². The van der Waals surface area contributed by atoms with Crippen molar-refractivity contribution in [2.75, 3.05) is 0 Å². The summed E-state index contributed by atoms with van der Waals surface area (Å²) in [6.45, 7) is 8.28. The summed E-state index contributed by atoms with van der Waals surface area (Å²) >= 11 is 0. The van der Waals surface area contributed by atoms with E-state index in [4.69, 9.17) is 0 Å². The highest BCUT2D eigenvalue weighted by Crippen LogP contribution is 2.25. The number of imidazole rings is 1. The predicted molar refractivity (Wildman–Crippen MR) is 85.4 cm³/mol. The number of hydrogen-bond donors (Lipinski definition) is 1. The monoisotopic (exact) mass is 276 g/mol. The number of hydrogen-bond acceptors (Lipinski definition) is 3. The molecule has 0 radical (unpaired) electrons. The van der Waals surface area contributed by atoms with Gasteiger partial charge in [0.15, 0.2) is 0 Å². The van der Waals surface area contributed by atoms with Crippen molar-refractivity contribution in [3.63, 3.8) is 0 Å². The van der Waals surface area contributed by atoms with E-state index in [2.05, 4.69) is 45.5 Å². The van der Waals surface area contributed by atoms with Crippen LogP contribution in [0.25, 0.3) is 22.2 Å². The van der Waals surface area contributed by atoms with Gasteiger partial charge >= 0.3 is 0 Å². The van der Waals surface area contributed by atoms with Gasteiger partial charge < -0.3 is 4.98 Å². The summed E-state index contributed by atoms with van der Waals surface area (Å²) in [6, 6.07) is 8.09. The van der Waals surface area contributed by atoms with E-state index in [0.717, 1.165) is 46.1 Å². The van der Waals surface area contributed by atoms with E-state index in [1.165, 1.54) is 0 Å². The van der Waals surface area contributed by atoms with Crippen LogP contribution in [0.15, 0.2) is 56.1 Å².